The number of imidazole rings is 1. The van der Waals surface area contributed by atoms with E-state index in [-0.39, 0.29) is 49.3 Å². The van der Waals surface area contributed by atoms with E-state index < -0.39 is 42.1 Å². The molecule has 1 fully saturated rings. The Morgan fingerprint density at radius 1 is 0.926 bits per heavy atom. The molecule has 2 aromatic rings. The number of H-pyrrole nitrogens is 1. The SMILES string of the molecule is CCCC1OC2=CC(CCNC(=O)C(NC(C)=O)c3cnc[nH]3)CC=C2OC1C1Oc2cc(CCNC(=O)C(CCC(=O)O)NC(C)=O)ccc2OC1C. The van der Waals surface area contributed by atoms with Crippen LogP contribution in [0, 0.1) is 5.92 Å². The van der Waals surface area contributed by atoms with E-state index >= 15 is 0 Å². The molecule has 7 atom stereocenters. The molecule has 0 saturated carbocycles. The first kappa shape index (κ1) is 39.7. The van der Waals surface area contributed by atoms with Crippen LogP contribution < -0.4 is 30.7 Å². The number of aromatic amines is 1. The van der Waals surface area contributed by atoms with Gasteiger partial charge in [-0.25, -0.2) is 4.98 Å². The molecule has 1 saturated heterocycles. The van der Waals surface area contributed by atoms with Crippen LogP contribution in [0.2, 0.25) is 0 Å². The molecular formula is C38H50N6O10. The van der Waals surface area contributed by atoms with E-state index in [0.717, 1.165) is 18.4 Å². The smallest absolute Gasteiger partial charge is 0.303 e. The van der Waals surface area contributed by atoms with Crippen LogP contribution in [-0.2, 0) is 39.9 Å². The van der Waals surface area contributed by atoms with Gasteiger partial charge in [0.2, 0.25) is 23.6 Å². The van der Waals surface area contributed by atoms with Crippen LogP contribution in [-0.4, -0.2) is 88.2 Å². The number of nitrogens with zero attached hydrogens (tertiary/aromatic N) is 1. The van der Waals surface area contributed by atoms with Crippen molar-refractivity contribution in [1.29, 1.82) is 0 Å². The van der Waals surface area contributed by atoms with Crippen molar-refractivity contribution >= 4 is 29.6 Å². The molecule has 0 spiro atoms. The highest BCUT2D eigenvalue weighted by atomic mass is 16.6. The van der Waals surface area contributed by atoms with Gasteiger partial charge in [0.05, 0.1) is 18.2 Å². The van der Waals surface area contributed by atoms with Gasteiger partial charge in [0.25, 0.3) is 0 Å². The average Bonchev–Trinajstić information content (AvgIpc) is 3.66. The van der Waals surface area contributed by atoms with Crippen LogP contribution in [0.3, 0.4) is 0 Å². The van der Waals surface area contributed by atoms with Gasteiger partial charge in [0, 0.05) is 33.4 Å². The highest BCUT2D eigenvalue weighted by molar-refractivity contribution is 5.88. The summed E-state index contributed by atoms with van der Waals surface area (Å²) in [7, 11) is 0. The fraction of sp³-hybridized carbons (Fsp3) is 0.526. The number of carbonyl (C=O) groups is 5. The molecule has 7 unspecified atom stereocenters. The summed E-state index contributed by atoms with van der Waals surface area (Å²) in [5, 5.41) is 19.9. The van der Waals surface area contributed by atoms with E-state index in [4.69, 9.17) is 24.1 Å². The number of rotatable bonds is 17. The number of ether oxygens (including phenoxy) is 4. The number of carbonyl (C=O) groups excluding carboxylic acids is 4. The van der Waals surface area contributed by atoms with Crippen LogP contribution in [0.15, 0.2) is 54.4 Å². The molecule has 1 aliphatic carbocycles. The third-order valence-corrected chi connectivity index (χ3v) is 9.40. The van der Waals surface area contributed by atoms with Gasteiger partial charge in [0.1, 0.15) is 24.3 Å². The number of carboxylic acid groups (broad SMARTS) is 1. The number of hydrogen-bond donors (Lipinski definition) is 6. The van der Waals surface area contributed by atoms with Gasteiger partial charge in [-0.1, -0.05) is 19.4 Å². The molecule has 1 aromatic carbocycles. The van der Waals surface area contributed by atoms with Crippen molar-refractivity contribution in [1.82, 2.24) is 31.2 Å². The molecular weight excluding hydrogens is 700 g/mol. The molecule has 1 aromatic heterocycles. The van der Waals surface area contributed by atoms with Gasteiger partial charge in [0.15, 0.2) is 35.2 Å². The summed E-state index contributed by atoms with van der Waals surface area (Å²) < 4.78 is 26.1. The monoisotopic (exact) mass is 750 g/mol. The second kappa shape index (κ2) is 18.5. The average molecular weight is 751 g/mol. The van der Waals surface area contributed by atoms with Crippen molar-refractivity contribution in [3.05, 3.63) is 65.7 Å². The molecule has 4 amide bonds. The maximum Gasteiger partial charge on any atom is 0.303 e. The summed E-state index contributed by atoms with van der Waals surface area (Å²) in [5.74, 6) is -0.0205. The topological polar surface area (TPSA) is 219 Å². The molecule has 3 heterocycles. The normalized spacial score (nSPS) is 22.4. The zero-order chi connectivity index (χ0) is 38.8. The third-order valence-electron chi connectivity index (χ3n) is 9.40. The zero-order valence-corrected chi connectivity index (χ0v) is 31.0. The van der Waals surface area contributed by atoms with Crippen molar-refractivity contribution in [2.45, 2.75) is 109 Å². The number of benzene rings is 1. The van der Waals surface area contributed by atoms with Crippen molar-refractivity contribution in [3.8, 4) is 11.5 Å². The Kier molecular flexibility index (Phi) is 13.6. The van der Waals surface area contributed by atoms with Crippen molar-refractivity contribution in [3.63, 3.8) is 0 Å². The highest BCUT2D eigenvalue weighted by Crippen LogP contribution is 2.41. The van der Waals surface area contributed by atoms with Crippen LogP contribution in [0.25, 0.3) is 0 Å². The minimum Gasteiger partial charge on any atom is -0.483 e. The van der Waals surface area contributed by atoms with Gasteiger partial charge in [-0.3, -0.25) is 24.0 Å². The first-order valence-corrected chi connectivity index (χ1v) is 18.4. The first-order valence-electron chi connectivity index (χ1n) is 18.4. The van der Waals surface area contributed by atoms with Gasteiger partial charge in [-0.05, 0) is 74.8 Å². The van der Waals surface area contributed by atoms with E-state index in [1.165, 1.54) is 26.4 Å². The van der Waals surface area contributed by atoms with Crippen LogP contribution in [0.1, 0.15) is 83.5 Å². The minimum absolute atomic E-state index is 0.0129. The number of allylic oxidation sites excluding steroid dienone is 2. The van der Waals surface area contributed by atoms with E-state index in [1.54, 1.807) is 0 Å². The second-order valence-corrected chi connectivity index (χ2v) is 13.8. The van der Waals surface area contributed by atoms with Crippen LogP contribution >= 0.6 is 0 Å². The Balaban J connectivity index is 1.17. The molecule has 6 N–H and O–H groups in total. The molecule has 0 bridgehead atoms. The molecule has 2 aliphatic heterocycles. The lowest BCUT2D eigenvalue weighted by Crippen LogP contribution is -2.54. The minimum atomic E-state index is -1.05. The molecule has 3 aliphatic rings. The lowest BCUT2D eigenvalue weighted by molar-refractivity contribution is -0.142. The Labute approximate surface area is 313 Å². The molecule has 54 heavy (non-hydrogen) atoms. The van der Waals surface area contributed by atoms with Crippen molar-refractivity contribution in [2.24, 2.45) is 5.92 Å². The lowest BCUT2D eigenvalue weighted by atomic mass is 9.93. The molecule has 0 radical (unpaired) electrons. The van der Waals surface area contributed by atoms with E-state index in [1.807, 2.05) is 37.3 Å². The number of amides is 4. The second-order valence-electron chi connectivity index (χ2n) is 13.8. The van der Waals surface area contributed by atoms with Gasteiger partial charge in [-0.2, -0.15) is 0 Å². The fourth-order valence-corrected chi connectivity index (χ4v) is 6.74. The van der Waals surface area contributed by atoms with Crippen LogP contribution in [0.5, 0.6) is 11.5 Å². The summed E-state index contributed by atoms with van der Waals surface area (Å²) >= 11 is 0. The summed E-state index contributed by atoms with van der Waals surface area (Å²) in [6.45, 7) is 7.31. The van der Waals surface area contributed by atoms with Crippen LogP contribution in [0.4, 0.5) is 0 Å². The summed E-state index contributed by atoms with van der Waals surface area (Å²) in [6, 6.07) is 3.79. The maximum atomic E-state index is 12.9. The molecule has 5 rings (SSSR count). The Morgan fingerprint density at radius 3 is 2.41 bits per heavy atom. The standard InChI is InChI=1S/C38H50N6O10/c1-5-6-30-36(53-29-11-8-24(17-31(29)52-30)14-16-41-38(50)34(44-23(4)46)27-19-39-20-42-27)35-21(2)51-28-10-7-25(18-32(28)54-35)13-15-40-37(49)26(43-22(3)45)9-12-33(47)48/h7,10-11,17-21,24,26,30,34-36H,5-6,8-9,12-16H2,1-4H3,(H,39,42)(H,40,49)(H,41,50)(H,43,45)(H,44,46)(H,47,48). The van der Waals surface area contributed by atoms with E-state index in [2.05, 4.69) is 38.2 Å². The lowest BCUT2D eigenvalue weighted by Gasteiger charge is -2.43. The number of hydrogen-bond acceptors (Lipinski definition) is 10. The Bertz CT molecular complexity index is 1730. The quantitative estimate of drug-likeness (QED) is 0.138. The summed E-state index contributed by atoms with van der Waals surface area (Å²) in [5.41, 5.74) is 1.38. The molecule has 16 heteroatoms. The molecule has 16 nitrogen and oxygen atoms in total. The number of carboxylic acids is 1. The number of fused-ring (bicyclic) bond motifs is 2. The number of aliphatic carboxylic acids is 1. The van der Waals surface area contributed by atoms with Gasteiger partial charge in [-0.15, -0.1) is 0 Å². The van der Waals surface area contributed by atoms with Gasteiger partial charge < -0.3 is 50.3 Å². The van der Waals surface area contributed by atoms with Crippen molar-refractivity contribution < 1.29 is 48.0 Å². The molecule has 292 valence electrons. The van der Waals surface area contributed by atoms with E-state index in [9.17, 15) is 24.0 Å². The van der Waals surface area contributed by atoms with E-state index in [0.29, 0.717) is 54.5 Å². The predicted octanol–water partition coefficient (Wildman–Crippen LogP) is 2.72. The van der Waals surface area contributed by atoms with Crippen molar-refractivity contribution in [2.75, 3.05) is 13.1 Å². The Hall–Kier alpha value is -5.54. The maximum absolute atomic E-state index is 12.9. The summed E-state index contributed by atoms with van der Waals surface area (Å²) in [4.78, 5) is 66.7. The largest absolute Gasteiger partial charge is 0.483 e. The third kappa shape index (κ3) is 10.5. The predicted molar refractivity (Wildman–Crippen MR) is 194 cm³/mol. The fourth-order valence-electron chi connectivity index (χ4n) is 6.74. The first-order chi connectivity index (χ1) is 25.9. The zero-order valence-electron chi connectivity index (χ0n) is 31.0. The number of nitrogens with one attached hydrogen (secondary N) is 5. The number of aromatic nitrogens is 2. The highest BCUT2D eigenvalue weighted by Gasteiger charge is 2.45. The summed E-state index contributed by atoms with van der Waals surface area (Å²) in [6.07, 6.45) is 8.53. The van der Waals surface area contributed by atoms with Gasteiger partial charge >= 0.3 is 5.97 Å². The Morgan fingerprint density at radius 2 is 1.70 bits per heavy atom.